The molecule has 0 spiro atoms. The number of ether oxygens (including phenoxy) is 1. The van der Waals surface area contributed by atoms with Gasteiger partial charge in [-0.2, -0.15) is 0 Å². The summed E-state index contributed by atoms with van der Waals surface area (Å²) in [7, 11) is 0. The van der Waals surface area contributed by atoms with Gasteiger partial charge in [0.05, 0.1) is 0 Å². The molecule has 1 aromatic heterocycles. The van der Waals surface area contributed by atoms with Gasteiger partial charge in [0.2, 0.25) is 0 Å². The minimum Gasteiger partial charge on any atom is -0.384 e. The first-order valence-corrected chi connectivity index (χ1v) is 6.11. The summed E-state index contributed by atoms with van der Waals surface area (Å²) in [6, 6.07) is 1.79. The molecule has 0 radical (unpaired) electrons. The number of nitrogens with zero attached hydrogens (tertiary/aromatic N) is 2. The van der Waals surface area contributed by atoms with E-state index in [1.807, 2.05) is 6.92 Å². The molecule has 1 aromatic rings. The van der Waals surface area contributed by atoms with Crippen LogP contribution in [-0.4, -0.2) is 28.7 Å². The Balaban J connectivity index is 2.14. The van der Waals surface area contributed by atoms with Gasteiger partial charge in [-0.05, 0) is 19.8 Å². The van der Waals surface area contributed by atoms with Gasteiger partial charge in [-0.25, -0.2) is 9.97 Å². The summed E-state index contributed by atoms with van der Waals surface area (Å²) in [6.07, 6.45) is 2.76. The van der Waals surface area contributed by atoms with E-state index in [-0.39, 0.29) is 5.54 Å². The fourth-order valence-electron chi connectivity index (χ4n) is 2.00. The highest BCUT2D eigenvalue weighted by molar-refractivity contribution is 5.46. The molecule has 3 N–H and O–H groups in total. The van der Waals surface area contributed by atoms with Crippen LogP contribution in [0.5, 0.6) is 0 Å². The van der Waals surface area contributed by atoms with E-state index in [2.05, 4.69) is 22.2 Å². The molecule has 0 amide bonds. The van der Waals surface area contributed by atoms with Gasteiger partial charge in [0.15, 0.2) is 0 Å². The summed E-state index contributed by atoms with van der Waals surface area (Å²) in [5, 5.41) is 3.46. The van der Waals surface area contributed by atoms with Gasteiger partial charge in [0.25, 0.3) is 0 Å². The zero-order chi connectivity index (χ0) is 12.3. The second-order valence-electron chi connectivity index (χ2n) is 4.75. The van der Waals surface area contributed by atoms with E-state index >= 15 is 0 Å². The molecule has 94 valence electrons. The zero-order valence-corrected chi connectivity index (χ0v) is 10.5. The van der Waals surface area contributed by atoms with Gasteiger partial charge in [0.1, 0.15) is 17.5 Å². The molecule has 0 unspecified atom stereocenters. The lowest BCUT2D eigenvalue weighted by molar-refractivity contribution is 0.0657. The predicted molar refractivity (Wildman–Crippen MR) is 67.9 cm³/mol. The van der Waals surface area contributed by atoms with E-state index < -0.39 is 0 Å². The van der Waals surface area contributed by atoms with E-state index in [0.29, 0.717) is 5.82 Å². The van der Waals surface area contributed by atoms with Crippen molar-refractivity contribution >= 4 is 11.6 Å². The van der Waals surface area contributed by atoms with Crippen molar-refractivity contribution in [2.24, 2.45) is 0 Å². The van der Waals surface area contributed by atoms with Crippen LogP contribution in [0.3, 0.4) is 0 Å². The van der Waals surface area contributed by atoms with Gasteiger partial charge < -0.3 is 15.8 Å². The highest BCUT2D eigenvalue weighted by atomic mass is 16.5. The quantitative estimate of drug-likeness (QED) is 0.834. The van der Waals surface area contributed by atoms with Crippen molar-refractivity contribution in [2.45, 2.75) is 38.6 Å². The molecular formula is C12H20N4O. The number of aryl methyl sites for hydroxylation is 1. The van der Waals surface area contributed by atoms with Crippen molar-refractivity contribution in [3.8, 4) is 0 Å². The van der Waals surface area contributed by atoms with Gasteiger partial charge in [-0.1, -0.05) is 6.92 Å². The van der Waals surface area contributed by atoms with Crippen LogP contribution in [0.25, 0.3) is 0 Å². The fourth-order valence-corrected chi connectivity index (χ4v) is 2.00. The molecule has 1 fully saturated rings. The maximum atomic E-state index is 5.77. The summed E-state index contributed by atoms with van der Waals surface area (Å²) in [5.74, 6) is 2.12. The number of anilines is 2. The van der Waals surface area contributed by atoms with Crippen LogP contribution in [0, 0.1) is 0 Å². The molecule has 0 bridgehead atoms. The number of aromatic nitrogens is 2. The van der Waals surface area contributed by atoms with Crippen LogP contribution in [0.1, 0.15) is 32.5 Å². The minimum atomic E-state index is 0.0457. The van der Waals surface area contributed by atoms with Crippen molar-refractivity contribution in [3.63, 3.8) is 0 Å². The third-order valence-electron chi connectivity index (χ3n) is 3.13. The van der Waals surface area contributed by atoms with Crippen molar-refractivity contribution in [3.05, 3.63) is 11.9 Å². The lowest BCUT2D eigenvalue weighted by Gasteiger charge is -2.35. The van der Waals surface area contributed by atoms with Crippen LogP contribution in [0.2, 0.25) is 0 Å². The second-order valence-corrected chi connectivity index (χ2v) is 4.75. The number of nitrogens with one attached hydrogen (secondary N) is 1. The van der Waals surface area contributed by atoms with Crippen molar-refractivity contribution in [1.29, 1.82) is 0 Å². The standard InChI is InChI=1S/C12H20N4O/c1-3-10-14-9(13)8-11(15-10)16-12(2)4-6-17-7-5-12/h8H,3-7H2,1-2H3,(H3,13,14,15,16). The third-order valence-corrected chi connectivity index (χ3v) is 3.13. The molecule has 0 atom stereocenters. The van der Waals surface area contributed by atoms with Gasteiger partial charge in [0, 0.05) is 31.2 Å². The Hall–Kier alpha value is -1.36. The summed E-state index contributed by atoms with van der Waals surface area (Å²) >= 11 is 0. The Labute approximate surface area is 102 Å². The number of nitrogens with two attached hydrogens (primary N) is 1. The maximum absolute atomic E-state index is 5.77. The molecule has 0 aromatic carbocycles. The Morgan fingerprint density at radius 3 is 2.76 bits per heavy atom. The van der Waals surface area contributed by atoms with Crippen LogP contribution in [0.15, 0.2) is 6.07 Å². The molecule has 0 saturated carbocycles. The lowest BCUT2D eigenvalue weighted by atomic mass is 9.92. The van der Waals surface area contributed by atoms with Crippen LogP contribution >= 0.6 is 0 Å². The molecule has 2 heterocycles. The monoisotopic (exact) mass is 236 g/mol. The Morgan fingerprint density at radius 2 is 2.12 bits per heavy atom. The highest BCUT2D eigenvalue weighted by Gasteiger charge is 2.27. The zero-order valence-electron chi connectivity index (χ0n) is 10.5. The molecule has 1 aliphatic heterocycles. The summed E-state index contributed by atoms with van der Waals surface area (Å²) in [6.45, 7) is 5.81. The fraction of sp³-hybridized carbons (Fsp3) is 0.667. The Bertz CT molecular complexity index is 388. The molecule has 2 rings (SSSR count). The van der Waals surface area contributed by atoms with Crippen molar-refractivity contribution < 1.29 is 4.74 Å². The first kappa shape index (κ1) is 12.1. The first-order valence-electron chi connectivity index (χ1n) is 6.11. The van der Waals surface area contributed by atoms with E-state index in [1.54, 1.807) is 6.07 Å². The molecule has 0 aliphatic carbocycles. The van der Waals surface area contributed by atoms with Crippen molar-refractivity contribution in [1.82, 2.24) is 9.97 Å². The Kier molecular flexibility index (Phi) is 3.47. The number of hydrogen-bond donors (Lipinski definition) is 2. The van der Waals surface area contributed by atoms with Gasteiger partial charge in [-0.3, -0.25) is 0 Å². The predicted octanol–water partition coefficient (Wildman–Crippen LogP) is 1.60. The van der Waals surface area contributed by atoms with Gasteiger partial charge in [-0.15, -0.1) is 0 Å². The summed E-state index contributed by atoms with van der Waals surface area (Å²) in [4.78, 5) is 8.62. The van der Waals surface area contributed by atoms with E-state index in [0.717, 1.165) is 44.1 Å². The topological polar surface area (TPSA) is 73.1 Å². The Morgan fingerprint density at radius 1 is 1.41 bits per heavy atom. The lowest BCUT2D eigenvalue weighted by Crippen LogP contribution is -2.41. The van der Waals surface area contributed by atoms with Gasteiger partial charge >= 0.3 is 0 Å². The highest BCUT2D eigenvalue weighted by Crippen LogP contribution is 2.25. The van der Waals surface area contributed by atoms with Crippen LogP contribution in [-0.2, 0) is 11.2 Å². The largest absolute Gasteiger partial charge is 0.384 e. The number of rotatable bonds is 3. The summed E-state index contributed by atoms with van der Waals surface area (Å²) in [5.41, 5.74) is 5.81. The molecular weight excluding hydrogens is 216 g/mol. The molecule has 5 nitrogen and oxygen atoms in total. The second kappa shape index (κ2) is 4.87. The van der Waals surface area contributed by atoms with Crippen LogP contribution in [0.4, 0.5) is 11.6 Å². The maximum Gasteiger partial charge on any atom is 0.132 e. The van der Waals surface area contributed by atoms with E-state index in [4.69, 9.17) is 10.5 Å². The number of nitrogen functional groups attached to an aromatic ring is 1. The average molecular weight is 236 g/mol. The van der Waals surface area contributed by atoms with E-state index in [1.165, 1.54) is 0 Å². The summed E-state index contributed by atoms with van der Waals surface area (Å²) < 4.78 is 5.37. The van der Waals surface area contributed by atoms with Crippen molar-refractivity contribution in [2.75, 3.05) is 24.3 Å². The molecule has 1 saturated heterocycles. The van der Waals surface area contributed by atoms with Crippen LogP contribution < -0.4 is 11.1 Å². The minimum absolute atomic E-state index is 0.0457. The average Bonchev–Trinajstić information content (AvgIpc) is 2.28. The molecule has 1 aliphatic rings. The molecule has 5 heteroatoms. The van der Waals surface area contributed by atoms with E-state index in [9.17, 15) is 0 Å². The first-order chi connectivity index (χ1) is 8.11. The smallest absolute Gasteiger partial charge is 0.132 e. The normalized spacial score (nSPS) is 18.9. The SMILES string of the molecule is CCc1nc(N)cc(NC2(C)CCOCC2)n1. The third kappa shape index (κ3) is 3.06. The number of hydrogen-bond acceptors (Lipinski definition) is 5. The molecule has 17 heavy (non-hydrogen) atoms.